The normalized spacial score (nSPS) is 17.6. The van der Waals surface area contributed by atoms with Gasteiger partial charge in [0.2, 0.25) is 0 Å². The van der Waals surface area contributed by atoms with Gasteiger partial charge < -0.3 is 11.1 Å². The van der Waals surface area contributed by atoms with E-state index in [0.29, 0.717) is 22.6 Å². The number of benzene rings is 1. The van der Waals surface area contributed by atoms with Crippen molar-refractivity contribution >= 4 is 21.6 Å². The monoisotopic (exact) mass is 322 g/mol. The first-order valence-corrected chi connectivity index (χ1v) is 6.54. The molecular weight excluding hydrogens is 309 g/mol. The average molecular weight is 323 g/mol. The number of nitrogens with one attached hydrogen (secondary N) is 1. The van der Waals surface area contributed by atoms with Gasteiger partial charge in [0, 0.05) is 22.7 Å². The summed E-state index contributed by atoms with van der Waals surface area (Å²) < 4.78 is 37.9. The molecule has 1 fully saturated rings. The summed E-state index contributed by atoms with van der Waals surface area (Å²) in [6.45, 7) is 0.484. The molecule has 1 unspecified atom stereocenters. The summed E-state index contributed by atoms with van der Waals surface area (Å²) in [5, 5.41) is 3.20. The fraction of sp³-hybridized carbons (Fsp3) is 0.500. The number of halogens is 4. The predicted molar refractivity (Wildman–Crippen MR) is 68.3 cm³/mol. The van der Waals surface area contributed by atoms with Crippen LogP contribution in [0.25, 0.3) is 0 Å². The van der Waals surface area contributed by atoms with Crippen molar-refractivity contribution in [3.8, 4) is 0 Å². The van der Waals surface area contributed by atoms with E-state index < -0.39 is 11.7 Å². The molecule has 6 heteroatoms. The average Bonchev–Trinajstić information content (AvgIpc) is 3.10. The van der Waals surface area contributed by atoms with Crippen LogP contribution in [0.15, 0.2) is 22.7 Å². The molecular formula is C12H14BrF3N2. The molecule has 2 nitrogen and oxygen atoms in total. The van der Waals surface area contributed by atoms with Crippen LogP contribution in [0.5, 0.6) is 0 Å². The van der Waals surface area contributed by atoms with Crippen LogP contribution in [0, 0.1) is 5.92 Å². The van der Waals surface area contributed by atoms with E-state index in [9.17, 15) is 13.2 Å². The molecule has 1 aliphatic carbocycles. The standard InChI is InChI=1S/C12H14BrF3N2/c13-9-5-8(12(14,15)16)3-4-10(9)18-11(6-17)7-1-2-7/h3-5,7,11,18H,1-2,6,17H2. The molecule has 0 heterocycles. The van der Waals surface area contributed by atoms with E-state index in [-0.39, 0.29) is 6.04 Å². The van der Waals surface area contributed by atoms with Crippen LogP contribution < -0.4 is 11.1 Å². The summed E-state index contributed by atoms with van der Waals surface area (Å²) in [6.07, 6.45) is -2.05. The summed E-state index contributed by atoms with van der Waals surface area (Å²) in [6, 6.07) is 3.74. The third-order valence-electron chi connectivity index (χ3n) is 3.08. The number of nitrogens with two attached hydrogens (primary N) is 1. The molecule has 1 aromatic carbocycles. The van der Waals surface area contributed by atoms with Crippen molar-refractivity contribution in [2.45, 2.75) is 25.1 Å². The highest BCUT2D eigenvalue weighted by molar-refractivity contribution is 9.10. The van der Waals surface area contributed by atoms with Gasteiger partial charge in [0.1, 0.15) is 0 Å². The molecule has 2 rings (SSSR count). The van der Waals surface area contributed by atoms with Gasteiger partial charge in [-0.2, -0.15) is 13.2 Å². The Morgan fingerprint density at radius 2 is 2.06 bits per heavy atom. The number of hydrogen-bond acceptors (Lipinski definition) is 2. The zero-order chi connectivity index (χ0) is 13.3. The zero-order valence-corrected chi connectivity index (χ0v) is 11.2. The Bertz CT molecular complexity index is 430. The highest BCUT2D eigenvalue weighted by Crippen LogP contribution is 2.37. The lowest BCUT2D eigenvalue weighted by Crippen LogP contribution is -2.31. The summed E-state index contributed by atoms with van der Waals surface area (Å²) in [5.74, 6) is 0.546. The van der Waals surface area contributed by atoms with Crippen LogP contribution >= 0.6 is 15.9 Å². The molecule has 18 heavy (non-hydrogen) atoms. The molecule has 0 amide bonds. The fourth-order valence-corrected chi connectivity index (χ4v) is 2.37. The lowest BCUT2D eigenvalue weighted by molar-refractivity contribution is -0.137. The van der Waals surface area contributed by atoms with Crippen molar-refractivity contribution in [3.05, 3.63) is 28.2 Å². The SMILES string of the molecule is NCC(Nc1ccc(C(F)(F)F)cc1Br)C1CC1. The summed E-state index contributed by atoms with van der Waals surface area (Å²) in [5.41, 5.74) is 5.65. The van der Waals surface area contributed by atoms with Crippen LogP contribution in [0.3, 0.4) is 0 Å². The molecule has 0 aliphatic heterocycles. The quantitative estimate of drug-likeness (QED) is 0.888. The topological polar surface area (TPSA) is 38.0 Å². The third-order valence-corrected chi connectivity index (χ3v) is 3.74. The van der Waals surface area contributed by atoms with Crippen molar-refractivity contribution in [3.63, 3.8) is 0 Å². The largest absolute Gasteiger partial charge is 0.416 e. The molecule has 1 aliphatic rings. The van der Waals surface area contributed by atoms with Crippen molar-refractivity contribution in [1.82, 2.24) is 0 Å². The van der Waals surface area contributed by atoms with Crippen molar-refractivity contribution in [2.75, 3.05) is 11.9 Å². The maximum absolute atomic E-state index is 12.5. The molecule has 1 atom stereocenters. The molecule has 0 saturated heterocycles. The van der Waals surface area contributed by atoms with E-state index in [2.05, 4.69) is 21.2 Å². The van der Waals surface area contributed by atoms with E-state index in [1.807, 2.05) is 0 Å². The van der Waals surface area contributed by atoms with Gasteiger partial charge in [-0.05, 0) is 52.9 Å². The molecule has 1 aromatic rings. The third kappa shape index (κ3) is 3.17. The Balaban J connectivity index is 2.14. The molecule has 1 saturated carbocycles. The second kappa shape index (κ2) is 5.09. The Morgan fingerprint density at radius 3 is 2.50 bits per heavy atom. The lowest BCUT2D eigenvalue weighted by Gasteiger charge is -2.19. The minimum atomic E-state index is -4.31. The first-order valence-electron chi connectivity index (χ1n) is 5.75. The van der Waals surface area contributed by atoms with Gasteiger partial charge in [-0.25, -0.2) is 0 Å². The van der Waals surface area contributed by atoms with Gasteiger partial charge in [0.15, 0.2) is 0 Å². The van der Waals surface area contributed by atoms with Gasteiger partial charge in [-0.15, -0.1) is 0 Å². The maximum Gasteiger partial charge on any atom is 0.416 e. The number of rotatable bonds is 4. The van der Waals surface area contributed by atoms with Gasteiger partial charge in [-0.3, -0.25) is 0 Å². The molecule has 0 radical (unpaired) electrons. The van der Waals surface area contributed by atoms with E-state index in [4.69, 9.17) is 5.73 Å². The smallest absolute Gasteiger partial charge is 0.380 e. The van der Waals surface area contributed by atoms with E-state index >= 15 is 0 Å². The Morgan fingerprint density at radius 1 is 1.39 bits per heavy atom. The molecule has 0 aromatic heterocycles. The van der Waals surface area contributed by atoms with Crippen molar-refractivity contribution < 1.29 is 13.2 Å². The van der Waals surface area contributed by atoms with Crippen LogP contribution in [0.4, 0.5) is 18.9 Å². The second-order valence-electron chi connectivity index (χ2n) is 4.52. The fourth-order valence-electron chi connectivity index (χ4n) is 1.88. The van der Waals surface area contributed by atoms with E-state index in [1.54, 1.807) is 0 Å². The van der Waals surface area contributed by atoms with Gasteiger partial charge in [0.25, 0.3) is 0 Å². The van der Waals surface area contributed by atoms with Crippen LogP contribution in [-0.4, -0.2) is 12.6 Å². The molecule has 0 spiro atoms. The molecule has 0 bridgehead atoms. The van der Waals surface area contributed by atoms with Crippen molar-refractivity contribution in [2.24, 2.45) is 11.7 Å². The van der Waals surface area contributed by atoms with Crippen LogP contribution in [0.2, 0.25) is 0 Å². The Labute approximate surface area is 112 Å². The maximum atomic E-state index is 12.5. The zero-order valence-electron chi connectivity index (χ0n) is 9.60. The molecule has 100 valence electrons. The second-order valence-corrected chi connectivity index (χ2v) is 5.37. The van der Waals surface area contributed by atoms with E-state index in [1.165, 1.54) is 6.07 Å². The first kappa shape index (κ1) is 13.7. The highest BCUT2D eigenvalue weighted by Gasteiger charge is 2.32. The van der Waals surface area contributed by atoms with Crippen LogP contribution in [-0.2, 0) is 6.18 Å². The minimum Gasteiger partial charge on any atom is -0.380 e. The van der Waals surface area contributed by atoms with Crippen molar-refractivity contribution in [1.29, 1.82) is 0 Å². The molecule has 3 N–H and O–H groups in total. The Kier molecular flexibility index (Phi) is 3.87. The number of hydrogen-bond donors (Lipinski definition) is 2. The van der Waals surface area contributed by atoms with Gasteiger partial charge in [0.05, 0.1) is 5.56 Å². The predicted octanol–water partition coefficient (Wildman–Crippen LogP) is 3.62. The van der Waals surface area contributed by atoms with E-state index in [0.717, 1.165) is 25.0 Å². The lowest BCUT2D eigenvalue weighted by atomic mass is 10.1. The highest BCUT2D eigenvalue weighted by atomic mass is 79.9. The number of alkyl halides is 3. The first-order chi connectivity index (χ1) is 8.41. The summed E-state index contributed by atoms with van der Waals surface area (Å²) in [7, 11) is 0. The number of anilines is 1. The van der Waals surface area contributed by atoms with Gasteiger partial charge >= 0.3 is 6.18 Å². The summed E-state index contributed by atoms with van der Waals surface area (Å²) >= 11 is 3.16. The summed E-state index contributed by atoms with van der Waals surface area (Å²) in [4.78, 5) is 0. The minimum absolute atomic E-state index is 0.137. The Hall–Kier alpha value is -0.750. The van der Waals surface area contributed by atoms with Gasteiger partial charge in [-0.1, -0.05) is 0 Å². The van der Waals surface area contributed by atoms with Crippen LogP contribution in [0.1, 0.15) is 18.4 Å².